The Balaban J connectivity index is 2.78. The van der Waals surface area contributed by atoms with Gasteiger partial charge in [-0.2, -0.15) is 22.5 Å². The number of halogens is 5. The Kier molecular flexibility index (Phi) is 7.36. The molecule has 1 aromatic rings. The van der Waals surface area contributed by atoms with E-state index in [0.717, 1.165) is 12.1 Å². The van der Waals surface area contributed by atoms with Gasteiger partial charge >= 0.3 is 12.5 Å². The lowest BCUT2D eigenvalue weighted by molar-refractivity contribution is -0.253. The molecular weight excluding hydrogens is 361 g/mol. The summed E-state index contributed by atoms with van der Waals surface area (Å²) in [5, 5.41) is 0. The summed E-state index contributed by atoms with van der Waals surface area (Å²) in [5.74, 6) is -0.935. The van der Waals surface area contributed by atoms with E-state index in [1.165, 1.54) is 19.1 Å². The van der Waals surface area contributed by atoms with Gasteiger partial charge in [0.25, 0.3) is 0 Å². The van der Waals surface area contributed by atoms with E-state index in [2.05, 4.69) is 14.4 Å². The maximum Gasteiger partial charge on any atom is 0.461 e. The Morgan fingerprint density at radius 3 is 2.54 bits per heavy atom. The number of nitrogens with one attached hydrogen (secondary N) is 1. The molecule has 138 valence electrons. The van der Waals surface area contributed by atoms with E-state index in [1.807, 2.05) is 0 Å². The lowest BCUT2D eigenvalue weighted by atomic mass is 10.1. The van der Waals surface area contributed by atoms with Crippen LogP contribution in [0.5, 0.6) is 5.75 Å². The van der Waals surface area contributed by atoms with Gasteiger partial charge in [0.05, 0.1) is 12.4 Å². The van der Waals surface area contributed by atoms with Crippen LogP contribution in [0.15, 0.2) is 24.3 Å². The molecule has 0 aliphatic carbocycles. The summed E-state index contributed by atoms with van der Waals surface area (Å²) < 4.78 is 91.2. The summed E-state index contributed by atoms with van der Waals surface area (Å²) in [5.41, 5.74) is 0.225. The second-order valence-electron chi connectivity index (χ2n) is 4.86. The average Bonchev–Trinajstić information content (AvgIpc) is 2.46. The van der Waals surface area contributed by atoms with Crippen molar-refractivity contribution in [1.82, 2.24) is 4.72 Å². The van der Waals surface area contributed by atoms with E-state index in [4.69, 9.17) is 0 Å². The Labute approximate surface area is 135 Å². The third-order valence-corrected chi connectivity index (χ3v) is 4.40. The lowest BCUT2D eigenvalue weighted by Crippen LogP contribution is -2.33. The van der Waals surface area contributed by atoms with Gasteiger partial charge in [0.2, 0.25) is 10.0 Å². The second kappa shape index (κ2) is 8.58. The van der Waals surface area contributed by atoms with Crippen molar-refractivity contribution in [2.24, 2.45) is 0 Å². The predicted octanol–water partition coefficient (Wildman–Crippen LogP) is 3.19. The number of rotatable bonds is 10. The summed E-state index contributed by atoms with van der Waals surface area (Å²) in [6, 6.07) is 3.89. The fraction of sp³-hybridized carbons (Fsp3) is 0.538. The van der Waals surface area contributed by atoms with Gasteiger partial charge in [-0.3, -0.25) is 0 Å². The van der Waals surface area contributed by atoms with Crippen molar-refractivity contribution >= 4 is 10.0 Å². The van der Waals surface area contributed by atoms with Crippen LogP contribution >= 0.6 is 0 Å². The topological polar surface area (TPSA) is 64.6 Å². The summed E-state index contributed by atoms with van der Waals surface area (Å²) in [4.78, 5) is 3.27. The van der Waals surface area contributed by atoms with Gasteiger partial charge in [0.15, 0.2) is 0 Å². The molecule has 0 amide bonds. The van der Waals surface area contributed by atoms with E-state index in [1.54, 1.807) is 0 Å². The summed E-state index contributed by atoms with van der Waals surface area (Å²) >= 11 is 0. The van der Waals surface area contributed by atoms with Crippen LogP contribution < -0.4 is 9.46 Å². The molecule has 0 fully saturated rings. The van der Waals surface area contributed by atoms with Crippen LogP contribution in [-0.4, -0.2) is 33.3 Å². The van der Waals surface area contributed by atoms with Crippen molar-refractivity contribution in [3.8, 4) is 5.75 Å². The van der Waals surface area contributed by atoms with Crippen LogP contribution in [-0.2, 0) is 15.0 Å². The zero-order chi connectivity index (χ0) is 18.4. The third kappa shape index (κ3) is 6.57. The molecule has 0 unspecified atom stereocenters. The molecule has 1 atom stereocenters. The van der Waals surface area contributed by atoms with E-state index in [-0.39, 0.29) is 18.6 Å². The van der Waals surface area contributed by atoms with Crippen LogP contribution in [0.4, 0.5) is 22.1 Å². The molecule has 0 aromatic heterocycles. The molecule has 24 heavy (non-hydrogen) atoms. The second-order valence-corrected chi connectivity index (χ2v) is 6.74. The van der Waals surface area contributed by atoms with Gasteiger partial charge in [-0.1, -0.05) is 12.1 Å². The molecule has 5 nitrogen and oxygen atoms in total. The van der Waals surface area contributed by atoms with Crippen molar-refractivity contribution in [1.29, 1.82) is 0 Å². The van der Waals surface area contributed by atoms with Gasteiger partial charge in [-0.05, 0) is 35.6 Å². The molecule has 1 aromatic carbocycles. The van der Waals surface area contributed by atoms with Crippen LogP contribution in [0.3, 0.4) is 0 Å². The van der Waals surface area contributed by atoms with Crippen molar-refractivity contribution in [2.75, 3.05) is 12.4 Å². The van der Waals surface area contributed by atoms with E-state index < -0.39 is 40.1 Å². The maximum atomic E-state index is 12.9. The minimum Gasteiger partial charge on any atom is -0.428 e. The maximum absolute atomic E-state index is 12.9. The van der Waals surface area contributed by atoms with Crippen molar-refractivity contribution in [3.05, 3.63) is 29.8 Å². The van der Waals surface area contributed by atoms with Gasteiger partial charge < -0.3 is 4.74 Å². The first-order valence-corrected chi connectivity index (χ1v) is 8.41. The van der Waals surface area contributed by atoms with E-state index in [9.17, 15) is 30.5 Å². The van der Waals surface area contributed by atoms with Crippen LogP contribution in [0.25, 0.3) is 0 Å². The third-order valence-electron chi connectivity index (χ3n) is 2.86. The van der Waals surface area contributed by atoms with Gasteiger partial charge in [-0.25, -0.2) is 13.1 Å². The molecule has 1 rings (SSSR count). The molecule has 1 N–H and O–H groups in total. The summed E-state index contributed by atoms with van der Waals surface area (Å²) in [6.45, 7) is 1.04. The number of hydrogen-bond acceptors (Lipinski definition) is 4. The van der Waals surface area contributed by atoms with Gasteiger partial charge in [0.1, 0.15) is 5.75 Å². The highest BCUT2D eigenvalue weighted by molar-refractivity contribution is 7.89. The molecular formula is C13H16F5NO4S. The normalized spacial score (nSPS) is 14.0. The smallest absolute Gasteiger partial charge is 0.428 e. The number of benzene rings is 1. The van der Waals surface area contributed by atoms with Crippen LogP contribution in [0, 0.1) is 0 Å². The minimum atomic E-state index is -4.66. The van der Waals surface area contributed by atoms with E-state index >= 15 is 0 Å². The number of hydrogen-bond donors (Lipinski definition) is 1. The summed E-state index contributed by atoms with van der Waals surface area (Å²) in [6.07, 6.45) is -8.74. The molecule has 0 bridgehead atoms. The first-order valence-electron chi connectivity index (χ1n) is 6.76. The largest absolute Gasteiger partial charge is 0.461 e. The average molecular weight is 377 g/mol. The van der Waals surface area contributed by atoms with Crippen molar-refractivity contribution in [2.45, 2.75) is 31.9 Å². The molecule has 0 heterocycles. The zero-order valence-corrected chi connectivity index (χ0v) is 13.3. The van der Waals surface area contributed by atoms with E-state index in [0.29, 0.717) is 0 Å². The Bertz CT molecular complexity index is 627. The SMILES string of the molecule is C[C@@H](NS(=O)(=O)CCCOF)c1cccc(OC(F)(F)C(F)F)c1. The zero-order valence-electron chi connectivity index (χ0n) is 12.5. The molecule has 0 radical (unpaired) electrons. The Morgan fingerprint density at radius 1 is 1.29 bits per heavy atom. The first kappa shape index (κ1) is 20.6. The standard InChI is InChI=1S/C13H16F5NO4S/c1-9(19-24(20,21)7-3-6-22-18)10-4-2-5-11(8-10)23-13(16,17)12(14)15/h2,4-5,8-9,12,19H,3,6-7H2,1H3/t9-/m1/s1. The Hall–Kier alpha value is -1.46. The quantitative estimate of drug-likeness (QED) is 0.502. The molecule has 11 heteroatoms. The highest BCUT2D eigenvalue weighted by atomic mass is 32.2. The summed E-state index contributed by atoms with van der Waals surface area (Å²) in [7, 11) is -3.77. The van der Waals surface area contributed by atoms with Gasteiger partial charge in [0, 0.05) is 6.04 Å². The molecule has 0 spiro atoms. The monoisotopic (exact) mass is 377 g/mol. The molecule has 0 saturated carbocycles. The Morgan fingerprint density at radius 2 is 1.96 bits per heavy atom. The lowest BCUT2D eigenvalue weighted by Gasteiger charge is -2.19. The predicted molar refractivity (Wildman–Crippen MR) is 75.0 cm³/mol. The molecule has 0 saturated heterocycles. The van der Waals surface area contributed by atoms with Gasteiger partial charge in [-0.15, -0.1) is 0 Å². The first-order chi connectivity index (χ1) is 11.1. The fourth-order valence-electron chi connectivity index (χ4n) is 1.75. The molecule has 0 aliphatic heterocycles. The highest BCUT2D eigenvalue weighted by Gasteiger charge is 2.44. The van der Waals surface area contributed by atoms with Crippen LogP contribution in [0.1, 0.15) is 24.9 Å². The molecule has 0 aliphatic rings. The number of ether oxygens (including phenoxy) is 1. The van der Waals surface area contributed by atoms with Crippen molar-refractivity contribution < 1.29 is 40.2 Å². The number of alkyl halides is 4. The van der Waals surface area contributed by atoms with Crippen LogP contribution in [0.2, 0.25) is 0 Å². The minimum absolute atomic E-state index is 0.0810. The fourth-order valence-corrected chi connectivity index (χ4v) is 3.04. The number of sulfonamides is 1. The van der Waals surface area contributed by atoms with Crippen molar-refractivity contribution in [3.63, 3.8) is 0 Å². The highest BCUT2D eigenvalue weighted by Crippen LogP contribution is 2.29.